The molecule has 0 amide bonds. The molecule has 0 radical (unpaired) electrons. The molecule has 0 N–H and O–H groups in total. The minimum atomic E-state index is 0.574. The summed E-state index contributed by atoms with van der Waals surface area (Å²) in [4.78, 5) is 0. The van der Waals surface area contributed by atoms with Crippen LogP contribution in [0.5, 0.6) is 0 Å². The van der Waals surface area contributed by atoms with Crippen LogP contribution >= 0.6 is 0 Å². The maximum atomic E-state index is 2.42. The quantitative estimate of drug-likeness (QED) is 0.512. The van der Waals surface area contributed by atoms with Crippen molar-refractivity contribution >= 4 is 0 Å². The zero-order chi connectivity index (χ0) is 8.77. The fraction of sp³-hybridized carbons (Fsp3) is 1.00. The van der Waals surface area contributed by atoms with Gasteiger partial charge in [0.25, 0.3) is 0 Å². The molecule has 0 nitrogen and oxygen atoms in total. The van der Waals surface area contributed by atoms with E-state index in [2.05, 4.69) is 20.8 Å². The van der Waals surface area contributed by atoms with Crippen LogP contribution in [0.4, 0.5) is 0 Å². The van der Waals surface area contributed by atoms with E-state index in [0.717, 1.165) is 17.8 Å². The summed E-state index contributed by atoms with van der Waals surface area (Å²) < 4.78 is 0. The lowest BCUT2D eigenvalue weighted by atomic mass is 9.78. The highest BCUT2D eigenvalue weighted by atomic mass is 14.5. The van der Waals surface area contributed by atoms with Gasteiger partial charge >= 0.3 is 0 Å². The lowest BCUT2D eigenvalue weighted by Crippen LogP contribution is -2.17. The van der Waals surface area contributed by atoms with Crippen molar-refractivity contribution < 1.29 is 0 Å². The zero-order valence-corrected chi connectivity index (χ0v) is 8.77. The van der Waals surface area contributed by atoms with Crippen LogP contribution in [0.15, 0.2) is 0 Å². The Kier molecular flexibility index (Phi) is 1.97. The van der Waals surface area contributed by atoms with Crippen molar-refractivity contribution in [3.05, 3.63) is 0 Å². The van der Waals surface area contributed by atoms with Crippen LogP contribution in [-0.4, -0.2) is 0 Å². The van der Waals surface area contributed by atoms with Crippen molar-refractivity contribution in [2.45, 2.75) is 52.9 Å². The molecule has 2 aliphatic rings. The molecule has 0 heteroatoms. The molecule has 2 fully saturated rings. The number of fused-ring (bicyclic) bond motifs is 1. The predicted molar refractivity (Wildman–Crippen MR) is 53.0 cm³/mol. The Hall–Kier alpha value is 0. The van der Waals surface area contributed by atoms with Gasteiger partial charge in [-0.3, -0.25) is 0 Å². The summed E-state index contributed by atoms with van der Waals surface area (Å²) >= 11 is 0. The molecule has 0 bridgehead atoms. The van der Waals surface area contributed by atoms with Gasteiger partial charge in [0.05, 0.1) is 0 Å². The Bertz CT molecular complexity index is 151. The van der Waals surface area contributed by atoms with Crippen molar-refractivity contribution in [1.82, 2.24) is 0 Å². The van der Waals surface area contributed by atoms with Crippen molar-refractivity contribution in [1.29, 1.82) is 0 Å². The summed E-state index contributed by atoms with van der Waals surface area (Å²) in [5.41, 5.74) is 0.574. The Morgan fingerprint density at radius 1 is 0.917 bits per heavy atom. The molecule has 0 aromatic rings. The molecule has 70 valence electrons. The van der Waals surface area contributed by atoms with E-state index >= 15 is 0 Å². The molecule has 2 saturated carbocycles. The van der Waals surface area contributed by atoms with Gasteiger partial charge in [0.2, 0.25) is 0 Å². The molecule has 2 atom stereocenters. The third kappa shape index (κ3) is 1.41. The smallest absolute Gasteiger partial charge is 0.0354 e. The van der Waals surface area contributed by atoms with Crippen molar-refractivity contribution in [3.63, 3.8) is 0 Å². The standard InChI is InChI=1S/C12H22/c1-12(2,3)11-7-9-5-4-6-10(9)8-11/h9-11H,4-8H2,1-3H3. The van der Waals surface area contributed by atoms with Crippen LogP contribution in [-0.2, 0) is 0 Å². The number of rotatable bonds is 0. The largest absolute Gasteiger partial charge is 0.0599 e. The SMILES string of the molecule is CC(C)(C)C1CC2CCCC2C1. The average molecular weight is 166 g/mol. The van der Waals surface area contributed by atoms with Gasteiger partial charge in [0.15, 0.2) is 0 Å². The van der Waals surface area contributed by atoms with Crippen LogP contribution in [0.3, 0.4) is 0 Å². The normalized spacial score (nSPS) is 41.8. The molecule has 0 heterocycles. The summed E-state index contributed by atoms with van der Waals surface area (Å²) in [6.45, 7) is 7.25. The van der Waals surface area contributed by atoms with Gasteiger partial charge in [-0.25, -0.2) is 0 Å². The fourth-order valence-electron chi connectivity index (χ4n) is 3.27. The maximum Gasteiger partial charge on any atom is -0.0354 e. The van der Waals surface area contributed by atoms with Gasteiger partial charge < -0.3 is 0 Å². The van der Waals surface area contributed by atoms with Crippen LogP contribution in [0.1, 0.15) is 52.9 Å². The highest BCUT2D eigenvalue weighted by molar-refractivity contribution is 4.91. The first-order valence-electron chi connectivity index (χ1n) is 5.57. The zero-order valence-electron chi connectivity index (χ0n) is 8.77. The second kappa shape index (κ2) is 2.75. The summed E-state index contributed by atoms with van der Waals surface area (Å²) in [5, 5.41) is 0. The van der Waals surface area contributed by atoms with E-state index < -0.39 is 0 Å². The first-order chi connectivity index (χ1) is 5.57. The molecule has 2 rings (SSSR count). The number of hydrogen-bond acceptors (Lipinski definition) is 0. The van der Waals surface area contributed by atoms with Gasteiger partial charge in [0.1, 0.15) is 0 Å². The van der Waals surface area contributed by atoms with Crippen molar-refractivity contribution in [3.8, 4) is 0 Å². The minimum Gasteiger partial charge on any atom is -0.0599 e. The molecule has 2 unspecified atom stereocenters. The Morgan fingerprint density at radius 2 is 1.42 bits per heavy atom. The maximum absolute atomic E-state index is 2.42. The van der Waals surface area contributed by atoms with Crippen LogP contribution < -0.4 is 0 Å². The van der Waals surface area contributed by atoms with Gasteiger partial charge in [0, 0.05) is 0 Å². The van der Waals surface area contributed by atoms with E-state index in [4.69, 9.17) is 0 Å². The highest BCUT2D eigenvalue weighted by Crippen LogP contribution is 2.51. The lowest BCUT2D eigenvalue weighted by molar-refractivity contribution is 0.232. The van der Waals surface area contributed by atoms with Gasteiger partial charge in [-0.1, -0.05) is 40.0 Å². The minimum absolute atomic E-state index is 0.574. The molecular formula is C12H22. The van der Waals surface area contributed by atoms with E-state index in [9.17, 15) is 0 Å². The van der Waals surface area contributed by atoms with Crippen molar-refractivity contribution in [2.24, 2.45) is 23.2 Å². The molecular weight excluding hydrogens is 144 g/mol. The first kappa shape index (κ1) is 8.59. The summed E-state index contributed by atoms with van der Waals surface area (Å²) in [6.07, 6.45) is 7.67. The molecule has 0 aliphatic heterocycles. The van der Waals surface area contributed by atoms with Crippen molar-refractivity contribution in [2.75, 3.05) is 0 Å². The summed E-state index contributed by atoms with van der Waals surface area (Å²) in [5.74, 6) is 3.26. The second-order valence-corrected chi connectivity index (χ2v) is 5.99. The summed E-state index contributed by atoms with van der Waals surface area (Å²) in [6, 6.07) is 0. The molecule has 12 heavy (non-hydrogen) atoms. The monoisotopic (exact) mass is 166 g/mol. The topological polar surface area (TPSA) is 0 Å². The van der Waals surface area contributed by atoms with Crippen LogP contribution in [0, 0.1) is 23.2 Å². The van der Waals surface area contributed by atoms with E-state index in [1.165, 1.54) is 32.1 Å². The third-order valence-corrected chi connectivity index (χ3v) is 4.22. The molecule has 0 spiro atoms. The van der Waals surface area contributed by atoms with Gasteiger partial charge in [-0.05, 0) is 36.0 Å². The fourth-order valence-corrected chi connectivity index (χ4v) is 3.27. The van der Waals surface area contributed by atoms with E-state index in [-0.39, 0.29) is 0 Å². The van der Waals surface area contributed by atoms with Crippen LogP contribution in [0.25, 0.3) is 0 Å². The Balaban J connectivity index is 1.99. The lowest BCUT2D eigenvalue weighted by Gasteiger charge is -2.27. The van der Waals surface area contributed by atoms with E-state index in [1.54, 1.807) is 0 Å². The molecule has 0 aromatic heterocycles. The molecule has 0 saturated heterocycles. The van der Waals surface area contributed by atoms with E-state index in [0.29, 0.717) is 5.41 Å². The third-order valence-electron chi connectivity index (χ3n) is 4.22. The highest BCUT2D eigenvalue weighted by Gasteiger charge is 2.41. The Morgan fingerprint density at radius 3 is 1.83 bits per heavy atom. The first-order valence-corrected chi connectivity index (χ1v) is 5.57. The second-order valence-electron chi connectivity index (χ2n) is 5.99. The van der Waals surface area contributed by atoms with E-state index in [1.807, 2.05) is 0 Å². The van der Waals surface area contributed by atoms with Gasteiger partial charge in [-0.15, -0.1) is 0 Å². The van der Waals surface area contributed by atoms with Crippen LogP contribution in [0.2, 0.25) is 0 Å². The predicted octanol–water partition coefficient (Wildman–Crippen LogP) is 3.86. The molecule has 2 aliphatic carbocycles. The molecule has 0 aromatic carbocycles. The average Bonchev–Trinajstić information content (AvgIpc) is 2.37. The summed E-state index contributed by atoms with van der Waals surface area (Å²) in [7, 11) is 0. The van der Waals surface area contributed by atoms with Gasteiger partial charge in [-0.2, -0.15) is 0 Å². The number of hydrogen-bond donors (Lipinski definition) is 0. The Labute approximate surface area is 76.7 Å².